The van der Waals surface area contributed by atoms with Crippen molar-refractivity contribution in [1.82, 2.24) is 5.32 Å². The smallest absolute Gasteiger partial charge is 0.338 e. The number of carbonyl (C=O) groups is 2. The first-order chi connectivity index (χ1) is 11.9. The highest BCUT2D eigenvalue weighted by atomic mass is 35.5. The summed E-state index contributed by atoms with van der Waals surface area (Å²) < 4.78 is 5.04. The van der Waals surface area contributed by atoms with Gasteiger partial charge in [-0.25, -0.2) is 4.79 Å². The molecule has 0 spiro atoms. The molecular formula is C18H18Cl2N2O3. The predicted molar refractivity (Wildman–Crippen MR) is 99.4 cm³/mol. The highest BCUT2D eigenvalue weighted by Crippen LogP contribution is 2.20. The first-order valence-corrected chi connectivity index (χ1v) is 8.27. The molecular weight excluding hydrogens is 363 g/mol. The Morgan fingerprint density at radius 3 is 2.56 bits per heavy atom. The topological polar surface area (TPSA) is 58.6 Å². The molecule has 0 aromatic heterocycles. The van der Waals surface area contributed by atoms with Crippen molar-refractivity contribution in [2.45, 2.75) is 6.54 Å². The molecule has 132 valence electrons. The van der Waals surface area contributed by atoms with Crippen molar-refractivity contribution in [3.63, 3.8) is 0 Å². The van der Waals surface area contributed by atoms with Crippen LogP contribution in [0.15, 0.2) is 42.5 Å². The van der Waals surface area contributed by atoms with Gasteiger partial charge in [0.05, 0.1) is 5.56 Å². The summed E-state index contributed by atoms with van der Waals surface area (Å²) in [5, 5.41) is 3.63. The lowest BCUT2D eigenvalue weighted by atomic mass is 10.2. The van der Waals surface area contributed by atoms with E-state index in [-0.39, 0.29) is 13.2 Å². The monoisotopic (exact) mass is 380 g/mol. The highest BCUT2D eigenvalue weighted by Gasteiger charge is 2.11. The summed E-state index contributed by atoms with van der Waals surface area (Å²) in [6, 6.07) is 12.0. The number of carbonyl (C=O) groups excluding carboxylic acids is 2. The molecule has 0 bridgehead atoms. The minimum absolute atomic E-state index is 0.225. The fourth-order valence-corrected chi connectivity index (χ4v) is 2.51. The van der Waals surface area contributed by atoms with Crippen molar-refractivity contribution in [2.75, 3.05) is 25.6 Å². The molecule has 0 fully saturated rings. The second-order valence-corrected chi connectivity index (χ2v) is 6.38. The van der Waals surface area contributed by atoms with E-state index < -0.39 is 11.9 Å². The molecule has 2 aromatic rings. The molecule has 0 saturated heterocycles. The Balaban J connectivity index is 1.85. The zero-order valence-corrected chi connectivity index (χ0v) is 15.4. The van der Waals surface area contributed by atoms with E-state index in [0.717, 1.165) is 11.3 Å². The standard InChI is InChI=1S/C18H18Cl2N2O3/c1-22(2)15-5-3-4-12(8-15)18(24)25-11-17(23)21-10-13-6-7-14(19)9-16(13)20/h3-9H,10-11H2,1-2H3,(H,21,23). The van der Waals surface area contributed by atoms with Gasteiger partial charge in [0, 0.05) is 36.4 Å². The van der Waals surface area contributed by atoms with Crippen LogP contribution in [0.25, 0.3) is 0 Å². The molecule has 2 aromatic carbocycles. The molecule has 2 rings (SSSR count). The van der Waals surface area contributed by atoms with Crippen LogP contribution in [0.4, 0.5) is 5.69 Å². The average Bonchev–Trinajstić information content (AvgIpc) is 2.59. The van der Waals surface area contributed by atoms with Crippen LogP contribution in [0, 0.1) is 0 Å². The molecule has 1 N–H and O–H groups in total. The summed E-state index contributed by atoms with van der Waals surface area (Å²) in [6.07, 6.45) is 0. The molecule has 0 unspecified atom stereocenters. The van der Waals surface area contributed by atoms with E-state index >= 15 is 0 Å². The number of nitrogens with zero attached hydrogens (tertiary/aromatic N) is 1. The van der Waals surface area contributed by atoms with Crippen LogP contribution in [0.1, 0.15) is 15.9 Å². The van der Waals surface area contributed by atoms with Crippen molar-refractivity contribution in [3.05, 3.63) is 63.6 Å². The van der Waals surface area contributed by atoms with E-state index in [2.05, 4.69) is 5.32 Å². The van der Waals surface area contributed by atoms with Crippen LogP contribution >= 0.6 is 23.2 Å². The summed E-state index contributed by atoms with van der Waals surface area (Å²) in [4.78, 5) is 25.7. The number of hydrogen-bond donors (Lipinski definition) is 1. The number of halogens is 2. The molecule has 7 heteroatoms. The van der Waals surface area contributed by atoms with E-state index in [0.29, 0.717) is 15.6 Å². The van der Waals surface area contributed by atoms with Gasteiger partial charge in [-0.2, -0.15) is 0 Å². The second-order valence-electron chi connectivity index (χ2n) is 5.53. The van der Waals surface area contributed by atoms with Crippen molar-refractivity contribution in [3.8, 4) is 0 Å². The van der Waals surface area contributed by atoms with Gasteiger partial charge in [-0.15, -0.1) is 0 Å². The van der Waals surface area contributed by atoms with Crippen LogP contribution in [0.5, 0.6) is 0 Å². The second kappa shape index (κ2) is 8.74. The normalized spacial score (nSPS) is 10.2. The van der Waals surface area contributed by atoms with E-state index in [1.54, 1.807) is 36.4 Å². The van der Waals surface area contributed by atoms with E-state index in [1.807, 2.05) is 25.1 Å². The Kier molecular flexibility index (Phi) is 6.67. The number of benzene rings is 2. The molecule has 5 nitrogen and oxygen atoms in total. The summed E-state index contributed by atoms with van der Waals surface area (Å²) in [5.41, 5.74) is 1.99. The first-order valence-electron chi connectivity index (χ1n) is 7.52. The van der Waals surface area contributed by atoms with E-state index in [4.69, 9.17) is 27.9 Å². The predicted octanol–water partition coefficient (Wildman–Crippen LogP) is 3.53. The van der Waals surface area contributed by atoms with Gasteiger partial charge in [-0.1, -0.05) is 35.3 Å². The Labute approximate surface area is 156 Å². The fourth-order valence-electron chi connectivity index (χ4n) is 2.04. The molecule has 0 radical (unpaired) electrons. The fraction of sp³-hybridized carbons (Fsp3) is 0.222. The number of ether oxygens (including phenoxy) is 1. The molecule has 0 aliphatic heterocycles. The van der Waals surface area contributed by atoms with E-state index in [9.17, 15) is 9.59 Å². The van der Waals surface area contributed by atoms with Crippen LogP contribution in [-0.2, 0) is 16.1 Å². The Morgan fingerprint density at radius 1 is 1.12 bits per heavy atom. The number of amides is 1. The number of anilines is 1. The van der Waals surface area contributed by atoms with Crippen LogP contribution in [0.3, 0.4) is 0 Å². The van der Waals surface area contributed by atoms with Gasteiger partial charge in [0.25, 0.3) is 5.91 Å². The van der Waals surface area contributed by atoms with Gasteiger partial charge in [-0.3, -0.25) is 4.79 Å². The molecule has 0 saturated carbocycles. The van der Waals surface area contributed by atoms with Crippen molar-refractivity contribution in [2.24, 2.45) is 0 Å². The van der Waals surface area contributed by atoms with Gasteiger partial charge in [0.1, 0.15) is 0 Å². The summed E-state index contributed by atoms with van der Waals surface area (Å²) in [7, 11) is 3.75. The van der Waals surface area contributed by atoms with Gasteiger partial charge < -0.3 is 15.0 Å². The highest BCUT2D eigenvalue weighted by molar-refractivity contribution is 6.35. The Hall–Kier alpha value is -2.24. The quantitative estimate of drug-likeness (QED) is 0.778. The third-order valence-corrected chi connectivity index (χ3v) is 4.01. The third-order valence-electron chi connectivity index (χ3n) is 3.42. The van der Waals surface area contributed by atoms with Gasteiger partial charge in [0.15, 0.2) is 6.61 Å². The van der Waals surface area contributed by atoms with Crippen LogP contribution in [-0.4, -0.2) is 32.6 Å². The number of rotatable bonds is 6. The first kappa shape index (κ1) is 19.1. The minimum Gasteiger partial charge on any atom is -0.452 e. The largest absolute Gasteiger partial charge is 0.452 e. The SMILES string of the molecule is CN(C)c1cccc(C(=O)OCC(=O)NCc2ccc(Cl)cc2Cl)c1. The van der Waals surface area contributed by atoms with Crippen molar-refractivity contribution >= 4 is 40.8 Å². The molecule has 0 heterocycles. The Morgan fingerprint density at radius 2 is 1.88 bits per heavy atom. The average molecular weight is 381 g/mol. The third kappa shape index (κ3) is 5.66. The molecule has 0 aliphatic carbocycles. The molecule has 0 atom stereocenters. The van der Waals surface area contributed by atoms with Gasteiger partial charge in [-0.05, 0) is 35.9 Å². The van der Waals surface area contributed by atoms with Crippen LogP contribution in [0.2, 0.25) is 10.0 Å². The lowest BCUT2D eigenvalue weighted by Crippen LogP contribution is -2.28. The number of hydrogen-bond acceptors (Lipinski definition) is 4. The molecule has 1 amide bonds. The lowest BCUT2D eigenvalue weighted by Gasteiger charge is -2.13. The Bertz CT molecular complexity index is 779. The number of nitrogens with one attached hydrogen (secondary N) is 1. The lowest BCUT2D eigenvalue weighted by molar-refractivity contribution is -0.124. The minimum atomic E-state index is -0.552. The summed E-state index contributed by atoms with van der Waals surface area (Å²) in [5.74, 6) is -0.966. The molecule has 25 heavy (non-hydrogen) atoms. The zero-order chi connectivity index (χ0) is 18.4. The maximum atomic E-state index is 12.0. The number of esters is 1. The van der Waals surface area contributed by atoms with E-state index in [1.165, 1.54) is 0 Å². The van der Waals surface area contributed by atoms with Crippen molar-refractivity contribution in [1.29, 1.82) is 0 Å². The maximum Gasteiger partial charge on any atom is 0.338 e. The van der Waals surface area contributed by atoms with Crippen molar-refractivity contribution < 1.29 is 14.3 Å². The van der Waals surface area contributed by atoms with Gasteiger partial charge >= 0.3 is 5.97 Å². The zero-order valence-electron chi connectivity index (χ0n) is 13.9. The summed E-state index contributed by atoms with van der Waals surface area (Å²) in [6.45, 7) is -0.140. The van der Waals surface area contributed by atoms with Gasteiger partial charge in [0.2, 0.25) is 0 Å². The summed E-state index contributed by atoms with van der Waals surface area (Å²) >= 11 is 11.9. The maximum absolute atomic E-state index is 12.0. The van der Waals surface area contributed by atoms with Crippen LogP contribution < -0.4 is 10.2 Å². The molecule has 0 aliphatic rings.